The standard InChI is InChI=1S/C14H11Cl3N2O3S2/c15-14(16,17)23(18-13(20)11-7-3-1-4-8-11)19-24(21,22)12-9-5-2-6-10-12/h1-10H,(H,18,19,20). The van der Waals surface area contributed by atoms with E-state index in [9.17, 15) is 13.2 Å². The normalized spacial score (nSPS) is 13.6. The molecule has 0 saturated carbocycles. The molecule has 0 fully saturated rings. The number of hydrogen-bond donors (Lipinski definition) is 1. The van der Waals surface area contributed by atoms with Crippen LogP contribution in [0.15, 0.2) is 69.9 Å². The minimum Gasteiger partial charge on any atom is -0.266 e. The molecule has 0 bridgehead atoms. The minimum atomic E-state index is -4.01. The first kappa shape index (κ1) is 19.4. The quantitative estimate of drug-likeness (QED) is 0.756. The zero-order valence-electron chi connectivity index (χ0n) is 11.9. The number of alkyl halides is 3. The van der Waals surface area contributed by atoms with E-state index in [4.69, 9.17) is 34.8 Å². The van der Waals surface area contributed by atoms with Gasteiger partial charge in [0.2, 0.25) is 0 Å². The lowest BCUT2D eigenvalue weighted by molar-refractivity contribution is 0.100. The largest absolute Gasteiger partial charge is 0.284 e. The molecule has 0 saturated heterocycles. The number of halogens is 3. The monoisotopic (exact) mass is 424 g/mol. The third-order valence-electron chi connectivity index (χ3n) is 2.66. The Bertz CT molecular complexity index is 852. The molecule has 0 radical (unpaired) electrons. The molecular formula is C14H11Cl3N2O3S2. The van der Waals surface area contributed by atoms with Gasteiger partial charge in [-0.15, -0.1) is 4.13 Å². The average molecular weight is 426 g/mol. The third kappa shape index (κ3) is 5.27. The second kappa shape index (κ2) is 7.95. The second-order valence-electron chi connectivity index (χ2n) is 4.39. The SMILES string of the molecule is O=C(N=S(NS(=O)(=O)c1ccccc1)C(Cl)(Cl)Cl)c1ccccc1. The molecule has 0 aromatic heterocycles. The molecule has 1 N–H and O–H groups in total. The summed E-state index contributed by atoms with van der Waals surface area (Å²) in [5.41, 5.74) is 0.253. The summed E-state index contributed by atoms with van der Waals surface area (Å²) in [4.78, 5) is 12.1. The highest BCUT2D eigenvalue weighted by Gasteiger charge is 2.32. The Hall–Kier alpha value is -0.960. The van der Waals surface area contributed by atoms with Crippen molar-refractivity contribution in [2.24, 2.45) is 4.36 Å². The van der Waals surface area contributed by atoms with Crippen molar-refractivity contribution in [3.63, 3.8) is 0 Å². The van der Waals surface area contributed by atoms with Gasteiger partial charge in [-0.2, -0.15) is 4.36 Å². The maximum Gasteiger partial charge on any atom is 0.284 e. The van der Waals surface area contributed by atoms with Gasteiger partial charge >= 0.3 is 0 Å². The fourth-order valence-electron chi connectivity index (χ4n) is 1.59. The van der Waals surface area contributed by atoms with Gasteiger partial charge in [0, 0.05) is 16.4 Å². The van der Waals surface area contributed by atoms with E-state index in [0.717, 1.165) is 0 Å². The molecule has 5 nitrogen and oxygen atoms in total. The van der Waals surface area contributed by atoms with Crippen molar-refractivity contribution in [2.45, 2.75) is 8.02 Å². The van der Waals surface area contributed by atoms with Crippen LogP contribution in [0.5, 0.6) is 0 Å². The number of benzene rings is 2. The van der Waals surface area contributed by atoms with Crippen LogP contribution in [0.2, 0.25) is 0 Å². The predicted octanol–water partition coefficient (Wildman–Crippen LogP) is 3.85. The topological polar surface area (TPSA) is 75.6 Å². The Kier molecular flexibility index (Phi) is 6.41. The highest BCUT2D eigenvalue weighted by Crippen LogP contribution is 2.32. The summed E-state index contributed by atoms with van der Waals surface area (Å²) in [5.74, 6) is -0.693. The first-order valence-electron chi connectivity index (χ1n) is 6.40. The lowest BCUT2D eigenvalue weighted by Crippen LogP contribution is -2.33. The summed E-state index contributed by atoms with van der Waals surface area (Å²) in [6, 6.07) is 15.6. The van der Waals surface area contributed by atoms with Crippen molar-refractivity contribution < 1.29 is 13.2 Å². The van der Waals surface area contributed by atoms with Crippen LogP contribution in [-0.2, 0) is 20.9 Å². The number of nitrogens with one attached hydrogen (secondary N) is 1. The number of sulfonamides is 1. The van der Waals surface area contributed by atoms with Crippen LogP contribution in [0.3, 0.4) is 0 Å². The van der Waals surface area contributed by atoms with E-state index < -0.39 is 29.9 Å². The lowest BCUT2D eigenvalue weighted by atomic mass is 10.2. The molecule has 1 amide bonds. The van der Waals surface area contributed by atoms with E-state index in [1.165, 1.54) is 24.3 Å². The van der Waals surface area contributed by atoms with E-state index in [-0.39, 0.29) is 10.5 Å². The van der Waals surface area contributed by atoms with Crippen LogP contribution < -0.4 is 4.13 Å². The summed E-state index contributed by atoms with van der Waals surface area (Å²) >= 11 is 17.4. The Morgan fingerprint density at radius 1 is 0.958 bits per heavy atom. The van der Waals surface area contributed by atoms with E-state index in [2.05, 4.69) is 8.49 Å². The molecule has 0 aliphatic heterocycles. The second-order valence-corrected chi connectivity index (χ2v) is 10.9. The summed E-state index contributed by atoms with van der Waals surface area (Å²) in [7, 11) is -5.92. The summed E-state index contributed by atoms with van der Waals surface area (Å²) in [5, 5.41) is 0. The molecule has 1 unspecified atom stereocenters. The Morgan fingerprint density at radius 3 is 1.96 bits per heavy atom. The molecule has 2 aromatic rings. The summed E-state index contributed by atoms with van der Waals surface area (Å²) in [6.45, 7) is 0. The van der Waals surface area contributed by atoms with E-state index in [0.29, 0.717) is 0 Å². The maximum absolute atomic E-state index is 12.4. The molecule has 24 heavy (non-hydrogen) atoms. The fraction of sp³-hybridized carbons (Fsp3) is 0.0714. The van der Waals surface area contributed by atoms with Crippen molar-refractivity contribution in [3.05, 3.63) is 66.2 Å². The number of carbonyl (C=O) groups is 1. The van der Waals surface area contributed by atoms with Crippen LogP contribution in [0.1, 0.15) is 10.4 Å². The lowest BCUT2D eigenvalue weighted by Gasteiger charge is -2.17. The average Bonchev–Trinajstić information content (AvgIpc) is 2.55. The minimum absolute atomic E-state index is 0.0286. The van der Waals surface area contributed by atoms with Gasteiger partial charge in [0.1, 0.15) is 0 Å². The molecule has 0 heterocycles. The van der Waals surface area contributed by atoms with Gasteiger partial charge in [-0.3, -0.25) is 4.79 Å². The first-order chi connectivity index (χ1) is 11.2. The number of carbonyl (C=O) groups excluding carboxylic acids is 1. The summed E-state index contributed by atoms with van der Waals surface area (Å²) < 4.78 is 28.5. The van der Waals surface area contributed by atoms with Crippen molar-refractivity contribution in [3.8, 4) is 0 Å². The number of amides is 1. The molecule has 0 spiro atoms. The van der Waals surface area contributed by atoms with E-state index >= 15 is 0 Å². The van der Waals surface area contributed by atoms with Gasteiger partial charge in [-0.1, -0.05) is 71.2 Å². The molecule has 0 aliphatic rings. The molecule has 128 valence electrons. The fourth-order valence-corrected chi connectivity index (χ4v) is 5.38. The first-order valence-corrected chi connectivity index (χ1v) is 10.2. The van der Waals surface area contributed by atoms with Gasteiger partial charge in [-0.25, -0.2) is 8.42 Å². The van der Waals surface area contributed by atoms with E-state index in [1.54, 1.807) is 36.4 Å². The van der Waals surface area contributed by atoms with Gasteiger partial charge in [0.15, 0.2) is 0 Å². The molecule has 2 rings (SSSR count). The Morgan fingerprint density at radius 2 is 1.46 bits per heavy atom. The van der Waals surface area contributed by atoms with Crippen LogP contribution in [0.25, 0.3) is 0 Å². The smallest absolute Gasteiger partial charge is 0.266 e. The third-order valence-corrected chi connectivity index (χ3v) is 7.16. The zero-order valence-corrected chi connectivity index (χ0v) is 15.8. The van der Waals surface area contributed by atoms with Crippen molar-refractivity contribution in [2.75, 3.05) is 0 Å². The van der Waals surface area contributed by atoms with Gasteiger partial charge in [0.05, 0.1) is 4.90 Å². The molecule has 1 atom stereocenters. The highest BCUT2D eigenvalue weighted by molar-refractivity contribution is 8.05. The number of rotatable bonds is 4. The van der Waals surface area contributed by atoms with Crippen molar-refractivity contribution in [1.82, 2.24) is 4.13 Å². The predicted molar refractivity (Wildman–Crippen MR) is 97.6 cm³/mol. The number of nitrogens with zero attached hydrogens (tertiary/aromatic N) is 1. The Labute approximate surface area is 157 Å². The maximum atomic E-state index is 12.4. The van der Waals surface area contributed by atoms with Gasteiger partial charge in [-0.05, 0) is 24.3 Å². The highest BCUT2D eigenvalue weighted by atomic mass is 35.6. The van der Waals surface area contributed by atoms with Gasteiger partial charge in [0.25, 0.3) is 19.1 Å². The zero-order chi connectivity index (χ0) is 17.8. The van der Waals surface area contributed by atoms with Crippen molar-refractivity contribution >= 4 is 61.6 Å². The number of hydrogen-bond acceptors (Lipinski definition) is 3. The molecular weight excluding hydrogens is 415 g/mol. The summed E-state index contributed by atoms with van der Waals surface area (Å²) in [6.07, 6.45) is 0. The van der Waals surface area contributed by atoms with Crippen molar-refractivity contribution in [1.29, 1.82) is 0 Å². The van der Waals surface area contributed by atoms with Crippen LogP contribution in [0.4, 0.5) is 0 Å². The van der Waals surface area contributed by atoms with Gasteiger partial charge < -0.3 is 0 Å². The van der Waals surface area contributed by atoms with E-state index in [1.807, 2.05) is 0 Å². The van der Waals surface area contributed by atoms with Crippen LogP contribution in [-0.4, -0.2) is 17.4 Å². The molecule has 10 heteroatoms. The van der Waals surface area contributed by atoms with Crippen LogP contribution in [0, 0.1) is 0 Å². The van der Waals surface area contributed by atoms with Crippen LogP contribution >= 0.6 is 34.8 Å². The Balaban J connectivity index is 2.37. The molecule has 2 aromatic carbocycles. The molecule has 0 aliphatic carbocycles.